The molecule has 1 aromatic carbocycles. The lowest BCUT2D eigenvalue weighted by Gasteiger charge is -2.08. The average Bonchev–Trinajstić information content (AvgIpc) is 2.85. The molecule has 2 heterocycles. The van der Waals surface area contributed by atoms with Crippen molar-refractivity contribution in [2.75, 3.05) is 11.6 Å². The van der Waals surface area contributed by atoms with E-state index in [4.69, 9.17) is 0 Å². The fraction of sp³-hybridized carbons (Fsp3) is 0.200. The molecule has 3 aromatic rings. The Balaban J connectivity index is 2.18. The quantitative estimate of drug-likeness (QED) is 0.770. The highest BCUT2D eigenvalue weighted by Crippen LogP contribution is 2.22. The van der Waals surface area contributed by atoms with Gasteiger partial charge in [0.05, 0.1) is 4.90 Å². The second-order valence-corrected chi connectivity index (χ2v) is 7.39. The van der Waals surface area contributed by atoms with Gasteiger partial charge in [0.25, 0.3) is 0 Å². The van der Waals surface area contributed by atoms with E-state index >= 15 is 0 Å². The van der Waals surface area contributed by atoms with Crippen molar-refractivity contribution in [1.29, 1.82) is 0 Å². The van der Waals surface area contributed by atoms with Crippen LogP contribution in [-0.2, 0) is 14.6 Å². The first-order chi connectivity index (χ1) is 11.2. The Hall–Kier alpha value is -2.81. The highest BCUT2D eigenvalue weighted by atomic mass is 32.2. The van der Waals surface area contributed by atoms with Crippen LogP contribution in [-0.4, -0.2) is 40.2 Å². The van der Waals surface area contributed by atoms with Gasteiger partial charge in [-0.05, 0) is 31.2 Å². The van der Waals surface area contributed by atoms with Gasteiger partial charge in [-0.1, -0.05) is 0 Å². The van der Waals surface area contributed by atoms with Crippen molar-refractivity contribution in [3.05, 3.63) is 36.2 Å². The molecule has 0 fully saturated rings. The molecule has 2 aromatic heterocycles. The molecule has 0 aliphatic carbocycles. The molecule has 0 aliphatic heterocycles. The van der Waals surface area contributed by atoms with E-state index in [2.05, 4.69) is 20.4 Å². The smallest absolute Gasteiger partial charge is 0.222 e. The van der Waals surface area contributed by atoms with Crippen LogP contribution in [0.3, 0.4) is 0 Å². The standard InChI is InChI=1S/C15H15N5O3S/c1-9-16-14-8-13(17-10(2)21)18-15(20(14)19-9)11-4-6-12(7-5-11)24(3,22)23/h4-8H,1-3H3,(H,17,21). The summed E-state index contributed by atoms with van der Waals surface area (Å²) in [5.41, 5.74) is 1.19. The van der Waals surface area contributed by atoms with E-state index in [1.807, 2.05) is 0 Å². The third-order valence-electron chi connectivity index (χ3n) is 3.28. The largest absolute Gasteiger partial charge is 0.311 e. The maximum atomic E-state index is 11.6. The van der Waals surface area contributed by atoms with Gasteiger partial charge < -0.3 is 5.32 Å². The van der Waals surface area contributed by atoms with Crippen molar-refractivity contribution < 1.29 is 13.2 Å². The Morgan fingerprint density at radius 3 is 2.42 bits per heavy atom. The van der Waals surface area contributed by atoms with Crippen LogP contribution in [0.1, 0.15) is 12.7 Å². The number of benzene rings is 1. The molecule has 1 N–H and O–H groups in total. The fourth-order valence-electron chi connectivity index (χ4n) is 2.28. The zero-order valence-corrected chi connectivity index (χ0v) is 14.1. The molecule has 8 nitrogen and oxygen atoms in total. The number of hydrogen-bond donors (Lipinski definition) is 1. The van der Waals surface area contributed by atoms with Crippen molar-refractivity contribution in [3.63, 3.8) is 0 Å². The number of amides is 1. The number of nitrogens with one attached hydrogen (secondary N) is 1. The van der Waals surface area contributed by atoms with Crippen LogP contribution in [0, 0.1) is 6.92 Å². The Labute approximate surface area is 138 Å². The monoisotopic (exact) mass is 345 g/mol. The molecule has 0 unspecified atom stereocenters. The second-order valence-electron chi connectivity index (χ2n) is 5.37. The summed E-state index contributed by atoms with van der Waals surface area (Å²) in [5, 5.41) is 6.92. The van der Waals surface area contributed by atoms with Crippen molar-refractivity contribution in [1.82, 2.24) is 19.6 Å². The van der Waals surface area contributed by atoms with E-state index in [1.54, 1.807) is 29.6 Å². The third-order valence-corrected chi connectivity index (χ3v) is 4.40. The number of sulfone groups is 1. The van der Waals surface area contributed by atoms with Gasteiger partial charge in [0, 0.05) is 24.8 Å². The minimum Gasteiger partial charge on any atom is -0.311 e. The van der Waals surface area contributed by atoms with Crippen molar-refractivity contribution in [3.8, 4) is 11.4 Å². The molecule has 124 valence electrons. The van der Waals surface area contributed by atoms with Gasteiger partial charge in [0.15, 0.2) is 21.3 Å². The molecule has 0 spiro atoms. The van der Waals surface area contributed by atoms with Gasteiger partial charge in [-0.15, -0.1) is 5.10 Å². The van der Waals surface area contributed by atoms with Gasteiger partial charge in [0.2, 0.25) is 5.91 Å². The molecular formula is C15H15N5O3S. The Morgan fingerprint density at radius 2 is 1.83 bits per heavy atom. The molecule has 0 aliphatic rings. The SMILES string of the molecule is CC(=O)Nc1cc2nc(C)nn2c(-c2ccc(S(C)(=O)=O)cc2)n1. The second kappa shape index (κ2) is 5.68. The summed E-state index contributed by atoms with van der Waals surface area (Å²) in [6, 6.07) is 7.93. The Morgan fingerprint density at radius 1 is 1.17 bits per heavy atom. The molecule has 9 heteroatoms. The number of aryl methyl sites for hydroxylation is 1. The first-order valence-electron chi connectivity index (χ1n) is 7.06. The van der Waals surface area contributed by atoms with Crippen LogP contribution in [0.25, 0.3) is 17.0 Å². The number of nitrogens with zero attached hydrogens (tertiary/aromatic N) is 4. The van der Waals surface area contributed by atoms with E-state index in [0.29, 0.717) is 28.7 Å². The lowest BCUT2D eigenvalue weighted by atomic mass is 10.2. The number of aromatic nitrogens is 4. The molecule has 0 saturated carbocycles. The van der Waals surface area contributed by atoms with Gasteiger partial charge in [-0.3, -0.25) is 4.79 Å². The van der Waals surface area contributed by atoms with Gasteiger partial charge in [0.1, 0.15) is 11.6 Å². The molecule has 3 rings (SSSR count). The molecule has 0 saturated heterocycles. The number of anilines is 1. The van der Waals surface area contributed by atoms with Crippen LogP contribution in [0.15, 0.2) is 35.2 Å². The molecule has 0 bridgehead atoms. The van der Waals surface area contributed by atoms with Crippen molar-refractivity contribution in [2.24, 2.45) is 0 Å². The topological polar surface area (TPSA) is 106 Å². The summed E-state index contributed by atoms with van der Waals surface area (Å²) < 4.78 is 24.7. The summed E-state index contributed by atoms with van der Waals surface area (Å²) in [6.45, 7) is 3.14. The van der Waals surface area contributed by atoms with Gasteiger partial charge >= 0.3 is 0 Å². The summed E-state index contributed by atoms with van der Waals surface area (Å²) in [4.78, 5) is 20.2. The van der Waals surface area contributed by atoms with Crippen molar-refractivity contribution in [2.45, 2.75) is 18.7 Å². The maximum Gasteiger partial charge on any atom is 0.222 e. The highest BCUT2D eigenvalue weighted by Gasteiger charge is 2.13. The number of rotatable bonds is 3. The molecule has 24 heavy (non-hydrogen) atoms. The zero-order chi connectivity index (χ0) is 17.5. The van der Waals surface area contributed by atoms with E-state index in [1.165, 1.54) is 19.1 Å². The molecule has 1 amide bonds. The van der Waals surface area contributed by atoms with Crippen LogP contribution >= 0.6 is 0 Å². The number of hydrogen-bond acceptors (Lipinski definition) is 6. The minimum absolute atomic E-state index is 0.218. The lowest BCUT2D eigenvalue weighted by Crippen LogP contribution is -2.10. The van der Waals surface area contributed by atoms with Gasteiger partial charge in [-0.25, -0.2) is 18.4 Å². The summed E-state index contributed by atoms with van der Waals surface area (Å²) in [6.07, 6.45) is 1.15. The number of fused-ring (bicyclic) bond motifs is 1. The van der Waals surface area contributed by atoms with E-state index in [9.17, 15) is 13.2 Å². The summed E-state index contributed by atoms with van der Waals surface area (Å²) >= 11 is 0. The molecule has 0 radical (unpaired) electrons. The number of carbonyl (C=O) groups excluding carboxylic acids is 1. The predicted molar refractivity (Wildman–Crippen MR) is 88.4 cm³/mol. The fourth-order valence-corrected chi connectivity index (χ4v) is 2.91. The summed E-state index contributed by atoms with van der Waals surface area (Å²) in [7, 11) is -3.28. The first-order valence-corrected chi connectivity index (χ1v) is 8.96. The van der Waals surface area contributed by atoms with Crippen LogP contribution in [0.5, 0.6) is 0 Å². The van der Waals surface area contributed by atoms with Crippen LogP contribution < -0.4 is 5.32 Å². The molecular weight excluding hydrogens is 330 g/mol. The predicted octanol–water partition coefficient (Wildman–Crippen LogP) is 1.46. The normalized spacial score (nSPS) is 11.6. The Kier molecular flexibility index (Phi) is 3.80. The maximum absolute atomic E-state index is 11.6. The van der Waals surface area contributed by atoms with Gasteiger partial charge in [-0.2, -0.15) is 4.52 Å². The third kappa shape index (κ3) is 3.11. The van der Waals surface area contributed by atoms with Crippen LogP contribution in [0.2, 0.25) is 0 Å². The lowest BCUT2D eigenvalue weighted by molar-refractivity contribution is -0.114. The summed E-state index contributed by atoms with van der Waals surface area (Å²) in [5.74, 6) is 1.12. The first kappa shape index (κ1) is 16.1. The van der Waals surface area contributed by atoms with Crippen LogP contribution in [0.4, 0.5) is 5.82 Å². The molecule has 0 atom stereocenters. The zero-order valence-electron chi connectivity index (χ0n) is 13.3. The average molecular weight is 345 g/mol. The van der Waals surface area contributed by atoms with E-state index in [0.717, 1.165) is 6.26 Å². The minimum atomic E-state index is -3.28. The van der Waals surface area contributed by atoms with E-state index in [-0.39, 0.29) is 10.8 Å². The number of carbonyl (C=O) groups is 1. The highest BCUT2D eigenvalue weighted by molar-refractivity contribution is 7.90. The van der Waals surface area contributed by atoms with Crippen molar-refractivity contribution >= 4 is 27.2 Å². The Bertz CT molecular complexity index is 1040. The van der Waals surface area contributed by atoms with E-state index < -0.39 is 9.84 Å².